The predicted octanol–water partition coefficient (Wildman–Crippen LogP) is 3.54. The maximum absolute atomic E-state index is 13.5. The molecule has 3 aromatic carbocycles. The van der Waals surface area contributed by atoms with Crippen LogP contribution in [0.4, 0.5) is 0 Å². The summed E-state index contributed by atoms with van der Waals surface area (Å²) in [5, 5.41) is 1.37. The third-order valence-electron chi connectivity index (χ3n) is 5.17. The molecule has 1 heterocycles. The fraction of sp³-hybridized carbons (Fsp3) is 0.190. The number of nitrogens with one attached hydrogen (secondary N) is 1. The molecule has 6 nitrogen and oxygen atoms in total. The number of hydrogen-bond donors (Lipinski definition) is 1. The van der Waals surface area contributed by atoms with Gasteiger partial charge in [0.2, 0.25) is 9.84 Å². The van der Waals surface area contributed by atoms with Crippen LogP contribution in [0.1, 0.15) is 41.3 Å². The van der Waals surface area contributed by atoms with Crippen molar-refractivity contribution < 1.29 is 21.6 Å². The number of benzene rings is 3. The van der Waals surface area contributed by atoms with Gasteiger partial charge in [0.25, 0.3) is 15.9 Å². The van der Waals surface area contributed by atoms with Crippen molar-refractivity contribution in [2.24, 2.45) is 0 Å². The number of rotatable bonds is 3. The number of sulfonamides is 1. The van der Waals surface area contributed by atoms with Crippen molar-refractivity contribution >= 4 is 36.5 Å². The predicted molar refractivity (Wildman–Crippen MR) is 109 cm³/mol. The second kappa shape index (κ2) is 6.40. The minimum atomic E-state index is -4.09. The molecule has 150 valence electrons. The zero-order chi connectivity index (χ0) is 21.1. The van der Waals surface area contributed by atoms with Crippen LogP contribution in [0.25, 0.3) is 10.8 Å². The molecule has 0 spiro atoms. The lowest BCUT2D eigenvalue weighted by Gasteiger charge is -2.14. The monoisotopic (exact) mass is 429 g/mol. The molecule has 1 N–H and O–H groups in total. The van der Waals surface area contributed by atoms with Gasteiger partial charge in [-0.2, -0.15) is 0 Å². The average molecular weight is 430 g/mol. The van der Waals surface area contributed by atoms with Gasteiger partial charge >= 0.3 is 0 Å². The summed E-state index contributed by atoms with van der Waals surface area (Å²) >= 11 is 0. The van der Waals surface area contributed by atoms with Gasteiger partial charge in [0.05, 0.1) is 15.4 Å². The molecular formula is C21H19NO5S2. The van der Waals surface area contributed by atoms with Gasteiger partial charge in [-0.05, 0) is 47.6 Å². The Morgan fingerprint density at radius 1 is 0.966 bits per heavy atom. The Morgan fingerprint density at radius 3 is 2.28 bits per heavy atom. The van der Waals surface area contributed by atoms with E-state index in [0.717, 1.165) is 17.0 Å². The number of amides is 1. The highest BCUT2D eigenvalue weighted by molar-refractivity contribution is 7.92. The van der Waals surface area contributed by atoms with E-state index in [0.29, 0.717) is 10.9 Å². The van der Waals surface area contributed by atoms with Gasteiger partial charge in [-0.15, -0.1) is 0 Å². The third-order valence-corrected chi connectivity index (χ3v) is 8.32. The molecule has 0 saturated carbocycles. The number of fused-ring (bicyclic) bond motifs is 2. The molecule has 0 fully saturated rings. The van der Waals surface area contributed by atoms with Gasteiger partial charge in [0.1, 0.15) is 4.90 Å². The van der Waals surface area contributed by atoms with Crippen molar-refractivity contribution in [3.63, 3.8) is 0 Å². The van der Waals surface area contributed by atoms with Crippen molar-refractivity contribution in [2.75, 3.05) is 0 Å². The summed E-state index contributed by atoms with van der Waals surface area (Å²) in [6.07, 6.45) is 0. The summed E-state index contributed by atoms with van der Waals surface area (Å²) < 4.78 is 53.8. The Hall–Kier alpha value is -2.71. The van der Waals surface area contributed by atoms with Crippen molar-refractivity contribution in [3.8, 4) is 0 Å². The Balaban J connectivity index is 2.05. The summed E-state index contributed by atoms with van der Waals surface area (Å²) in [6.45, 7) is 5.46. The Kier molecular flexibility index (Phi) is 4.32. The Labute approximate surface area is 169 Å². The standard InChI is InChI=1S/C21H19NO5S2/c1-12(2)17-10-14(11-19-20(17)21(23)22-29(19,26)27)28(24,25)18-9-8-13(3)15-6-4-5-7-16(15)18/h4-12H,1-3H3,(H,22,23). The highest BCUT2D eigenvalue weighted by Crippen LogP contribution is 2.36. The minimum absolute atomic E-state index is 0.0210. The van der Waals surface area contributed by atoms with E-state index in [-0.39, 0.29) is 26.2 Å². The first-order valence-corrected chi connectivity index (χ1v) is 12.0. The quantitative estimate of drug-likeness (QED) is 0.687. The first-order chi connectivity index (χ1) is 13.5. The van der Waals surface area contributed by atoms with Crippen LogP contribution in [0.2, 0.25) is 0 Å². The number of carbonyl (C=O) groups excluding carboxylic acids is 1. The normalized spacial score (nSPS) is 15.5. The molecule has 29 heavy (non-hydrogen) atoms. The second-order valence-electron chi connectivity index (χ2n) is 7.40. The van der Waals surface area contributed by atoms with Gasteiger partial charge < -0.3 is 0 Å². The highest BCUT2D eigenvalue weighted by Gasteiger charge is 2.37. The van der Waals surface area contributed by atoms with Crippen LogP contribution in [0.5, 0.6) is 0 Å². The lowest BCUT2D eigenvalue weighted by molar-refractivity contribution is 0.0983. The molecule has 8 heteroatoms. The van der Waals surface area contributed by atoms with Gasteiger partial charge in [0, 0.05) is 5.39 Å². The molecule has 0 saturated heterocycles. The number of aryl methyl sites for hydroxylation is 1. The maximum atomic E-state index is 13.5. The van der Waals surface area contributed by atoms with Crippen LogP contribution in [0.3, 0.4) is 0 Å². The van der Waals surface area contributed by atoms with Crippen LogP contribution in [-0.2, 0) is 19.9 Å². The van der Waals surface area contributed by atoms with E-state index in [2.05, 4.69) is 0 Å². The van der Waals surface area contributed by atoms with Crippen LogP contribution in [0, 0.1) is 6.92 Å². The third kappa shape index (κ3) is 2.94. The topological polar surface area (TPSA) is 97.4 Å². The van der Waals surface area contributed by atoms with Gasteiger partial charge in [-0.1, -0.05) is 44.2 Å². The lowest BCUT2D eigenvalue weighted by Crippen LogP contribution is -2.21. The average Bonchev–Trinajstić information content (AvgIpc) is 2.90. The first-order valence-electron chi connectivity index (χ1n) is 9.02. The summed E-state index contributed by atoms with van der Waals surface area (Å²) in [4.78, 5) is 11.9. The van der Waals surface area contributed by atoms with Crippen LogP contribution in [-0.4, -0.2) is 22.7 Å². The van der Waals surface area contributed by atoms with Gasteiger partial charge in [-0.25, -0.2) is 21.6 Å². The molecule has 3 aromatic rings. The zero-order valence-corrected chi connectivity index (χ0v) is 17.7. The summed E-state index contributed by atoms with van der Waals surface area (Å²) in [5.74, 6) is -0.971. The van der Waals surface area contributed by atoms with E-state index in [4.69, 9.17) is 0 Å². The van der Waals surface area contributed by atoms with E-state index >= 15 is 0 Å². The molecule has 0 radical (unpaired) electrons. The molecule has 0 atom stereocenters. The van der Waals surface area contributed by atoms with Gasteiger partial charge in [-0.3, -0.25) is 4.79 Å². The molecular weight excluding hydrogens is 410 g/mol. The SMILES string of the molecule is Cc1ccc(S(=O)(=O)c2cc(C(C)C)c3c(c2)S(=O)(=O)NC3=O)c2ccccc12. The van der Waals surface area contributed by atoms with E-state index in [1.54, 1.807) is 32.0 Å². The zero-order valence-electron chi connectivity index (χ0n) is 16.1. The molecule has 1 aliphatic heterocycles. The van der Waals surface area contributed by atoms with Crippen molar-refractivity contribution in [1.82, 2.24) is 4.72 Å². The second-order valence-corrected chi connectivity index (χ2v) is 11.0. The first kappa shape index (κ1) is 19.6. The van der Waals surface area contributed by atoms with Crippen molar-refractivity contribution in [1.29, 1.82) is 0 Å². The molecule has 1 aliphatic rings. The Morgan fingerprint density at radius 2 is 1.62 bits per heavy atom. The molecule has 4 rings (SSSR count). The maximum Gasteiger partial charge on any atom is 0.266 e. The van der Waals surface area contributed by atoms with E-state index in [1.165, 1.54) is 12.1 Å². The molecule has 1 amide bonds. The van der Waals surface area contributed by atoms with Crippen LogP contribution in [0.15, 0.2) is 63.2 Å². The molecule has 0 aromatic heterocycles. The lowest BCUT2D eigenvalue weighted by atomic mass is 9.97. The largest absolute Gasteiger partial charge is 0.268 e. The number of hydrogen-bond acceptors (Lipinski definition) is 5. The highest BCUT2D eigenvalue weighted by atomic mass is 32.2. The van der Waals surface area contributed by atoms with Crippen LogP contribution >= 0.6 is 0 Å². The Bertz CT molecular complexity index is 1400. The van der Waals surface area contributed by atoms with Crippen molar-refractivity contribution in [3.05, 3.63) is 65.2 Å². The smallest absolute Gasteiger partial charge is 0.266 e. The van der Waals surface area contributed by atoms with E-state index in [9.17, 15) is 21.6 Å². The minimum Gasteiger partial charge on any atom is -0.268 e. The van der Waals surface area contributed by atoms with Gasteiger partial charge in [0.15, 0.2) is 0 Å². The van der Waals surface area contributed by atoms with E-state index < -0.39 is 25.8 Å². The fourth-order valence-electron chi connectivity index (χ4n) is 3.69. The van der Waals surface area contributed by atoms with Crippen molar-refractivity contribution in [2.45, 2.75) is 41.4 Å². The van der Waals surface area contributed by atoms with E-state index in [1.807, 2.05) is 23.8 Å². The molecule has 0 unspecified atom stereocenters. The van der Waals surface area contributed by atoms with Crippen LogP contribution < -0.4 is 4.72 Å². The summed E-state index contributed by atoms with van der Waals surface area (Å²) in [6, 6.07) is 12.9. The summed E-state index contributed by atoms with van der Waals surface area (Å²) in [5.41, 5.74) is 1.34. The fourth-order valence-corrected chi connectivity index (χ4v) is 6.50. The number of carbonyl (C=O) groups is 1. The summed E-state index contributed by atoms with van der Waals surface area (Å²) in [7, 11) is -8.12. The molecule has 0 aliphatic carbocycles. The molecule has 0 bridgehead atoms. The number of sulfone groups is 1.